The zero-order valence-electron chi connectivity index (χ0n) is 23.5. The average molecular weight is 572 g/mol. The van der Waals surface area contributed by atoms with E-state index < -0.39 is 12.1 Å². The lowest BCUT2D eigenvalue weighted by Crippen LogP contribution is -2.47. The molecule has 1 N–H and O–H groups in total. The van der Waals surface area contributed by atoms with Crippen LogP contribution in [0.5, 0.6) is 5.75 Å². The number of carboxylic acids is 1. The van der Waals surface area contributed by atoms with E-state index in [1.807, 2.05) is 0 Å². The number of carbonyl (C=O) groups is 1. The Morgan fingerprint density at radius 1 is 0.805 bits per heavy atom. The number of nitrogens with zero attached hydrogens (tertiary/aromatic N) is 3. The molecule has 0 aliphatic carbocycles. The molecule has 9 heteroatoms. The molecule has 222 valence electrons. The minimum atomic E-state index is -5.08. The highest BCUT2D eigenvalue weighted by Crippen LogP contribution is 2.27. The monoisotopic (exact) mass is 571 g/mol. The Labute approximate surface area is 240 Å². The van der Waals surface area contributed by atoms with Crippen molar-refractivity contribution in [2.75, 3.05) is 63.9 Å². The fourth-order valence-electron chi connectivity index (χ4n) is 5.44. The van der Waals surface area contributed by atoms with Gasteiger partial charge in [-0.2, -0.15) is 13.2 Å². The van der Waals surface area contributed by atoms with Gasteiger partial charge in [-0.25, -0.2) is 4.79 Å². The molecule has 3 aromatic carbocycles. The van der Waals surface area contributed by atoms with Crippen LogP contribution in [0, 0.1) is 0 Å². The molecule has 0 radical (unpaired) electrons. The van der Waals surface area contributed by atoms with Gasteiger partial charge in [-0.15, -0.1) is 0 Å². The van der Waals surface area contributed by atoms with Gasteiger partial charge in [0.15, 0.2) is 0 Å². The molecule has 3 aromatic rings. The first kappa shape index (κ1) is 30.7. The predicted octanol–water partition coefficient (Wildman–Crippen LogP) is 6.09. The van der Waals surface area contributed by atoms with Crippen molar-refractivity contribution in [2.24, 2.45) is 0 Å². The Bertz CT molecular complexity index is 1230. The molecule has 2 saturated heterocycles. The van der Waals surface area contributed by atoms with E-state index in [1.165, 1.54) is 60.9 Å². The Morgan fingerprint density at radius 2 is 1.46 bits per heavy atom. The number of likely N-dealkylation sites (tertiary alicyclic amines) is 1. The van der Waals surface area contributed by atoms with Crippen LogP contribution in [0.2, 0.25) is 0 Å². The number of rotatable bonds is 9. The van der Waals surface area contributed by atoms with Crippen molar-refractivity contribution >= 4 is 22.4 Å². The molecule has 2 fully saturated rings. The number of carboxylic acid groups (broad SMARTS) is 1. The van der Waals surface area contributed by atoms with E-state index in [1.54, 1.807) is 0 Å². The Morgan fingerprint density at radius 3 is 2.20 bits per heavy atom. The number of piperazine rings is 1. The van der Waals surface area contributed by atoms with E-state index in [2.05, 4.69) is 81.4 Å². The van der Waals surface area contributed by atoms with Crippen LogP contribution in [0.25, 0.3) is 10.8 Å². The van der Waals surface area contributed by atoms with Gasteiger partial charge in [0.05, 0.1) is 6.61 Å². The highest BCUT2D eigenvalue weighted by Gasteiger charge is 2.38. The second kappa shape index (κ2) is 15.1. The normalized spacial score (nSPS) is 16.7. The first-order valence-electron chi connectivity index (χ1n) is 14.5. The number of alkyl halides is 3. The number of piperidine rings is 1. The minimum Gasteiger partial charge on any atom is -0.494 e. The third-order valence-electron chi connectivity index (χ3n) is 7.67. The smallest absolute Gasteiger partial charge is 0.490 e. The van der Waals surface area contributed by atoms with Crippen LogP contribution in [0.15, 0.2) is 66.7 Å². The molecular formula is C32H40F3N3O3. The maximum Gasteiger partial charge on any atom is 0.490 e. The van der Waals surface area contributed by atoms with Crippen molar-refractivity contribution in [3.05, 3.63) is 72.3 Å². The van der Waals surface area contributed by atoms with Crippen LogP contribution in [-0.2, 0) is 11.2 Å². The van der Waals surface area contributed by atoms with Crippen molar-refractivity contribution < 1.29 is 27.8 Å². The summed E-state index contributed by atoms with van der Waals surface area (Å²) in [6.45, 7) is 10.1. The van der Waals surface area contributed by atoms with E-state index >= 15 is 0 Å². The molecule has 0 atom stereocenters. The van der Waals surface area contributed by atoms with Gasteiger partial charge in [-0.3, -0.25) is 4.90 Å². The van der Waals surface area contributed by atoms with Gasteiger partial charge >= 0.3 is 12.1 Å². The average Bonchev–Trinajstić information content (AvgIpc) is 2.99. The number of aliphatic carboxylic acids is 1. The predicted molar refractivity (Wildman–Crippen MR) is 157 cm³/mol. The quantitative estimate of drug-likeness (QED) is 0.314. The van der Waals surface area contributed by atoms with Gasteiger partial charge in [0.1, 0.15) is 5.75 Å². The molecule has 41 heavy (non-hydrogen) atoms. The highest BCUT2D eigenvalue weighted by molar-refractivity contribution is 5.94. The second-order valence-electron chi connectivity index (χ2n) is 10.6. The number of ether oxygens (including phenoxy) is 1. The van der Waals surface area contributed by atoms with Crippen LogP contribution in [0.4, 0.5) is 18.9 Å². The molecule has 0 aromatic heterocycles. The summed E-state index contributed by atoms with van der Waals surface area (Å²) in [5.41, 5.74) is 2.76. The summed E-state index contributed by atoms with van der Waals surface area (Å²) in [4.78, 5) is 16.6. The number of benzene rings is 3. The first-order chi connectivity index (χ1) is 19.8. The zero-order valence-corrected chi connectivity index (χ0v) is 23.5. The standard InChI is InChI=1S/C30H39N3O.C2HF3O2/c1-4-16-31(17-5-1)18-8-24-34-28-12-6-9-26(25-28)15-19-32-20-22-33(23-21-32)30-14-7-11-27-10-2-3-13-29(27)30;3-2(4,5)1(6)7/h2-3,6-7,9-14,25H,1,4-5,8,15-24H2;(H,6,7). The number of fused-ring (bicyclic) bond motifs is 1. The van der Waals surface area contributed by atoms with Crippen LogP contribution >= 0.6 is 0 Å². The molecule has 0 saturated carbocycles. The Balaban J connectivity index is 0.000000493. The van der Waals surface area contributed by atoms with Crippen molar-refractivity contribution in [3.8, 4) is 5.75 Å². The van der Waals surface area contributed by atoms with E-state index in [4.69, 9.17) is 14.6 Å². The highest BCUT2D eigenvalue weighted by atomic mass is 19.4. The fraction of sp³-hybridized carbons (Fsp3) is 0.469. The first-order valence-corrected chi connectivity index (χ1v) is 14.5. The zero-order chi connectivity index (χ0) is 29.1. The largest absolute Gasteiger partial charge is 0.494 e. The number of hydrogen-bond donors (Lipinski definition) is 1. The third kappa shape index (κ3) is 9.64. The summed E-state index contributed by atoms with van der Waals surface area (Å²) in [7, 11) is 0. The van der Waals surface area contributed by atoms with E-state index in [9.17, 15) is 13.2 Å². The van der Waals surface area contributed by atoms with Gasteiger partial charge < -0.3 is 19.6 Å². The summed E-state index contributed by atoms with van der Waals surface area (Å²) < 4.78 is 37.8. The maximum absolute atomic E-state index is 10.6. The topological polar surface area (TPSA) is 56.3 Å². The van der Waals surface area contributed by atoms with E-state index in [0.29, 0.717) is 0 Å². The molecule has 6 nitrogen and oxygen atoms in total. The Kier molecular flexibility index (Phi) is 11.3. The van der Waals surface area contributed by atoms with Crippen LogP contribution in [-0.4, -0.2) is 86.0 Å². The van der Waals surface area contributed by atoms with Gasteiger partial charge in [-0.05, 0) is 67.9 Å². The van der Waals surface area contributed by atoms with Gasteiger partial charge in [-0.1, -0.05) is 55.0 Å². The summed E-state index contributed by atoms with van der Waals surface area (Å²) in [6.07, 6.45) is 1.24. The molecule has 5 rings (SSSR count). The second-order valence-corrected chi connectivity index (χ2v) is 10.6. The lowest BCUT2D eigenvalue weighted by atomic mass is 10.1. The molecule has 0 bridgehead atoms. The van der Waals surface area contributed by atoms with Gasteiger partial charge in [0, 0.05) is 50.3 Å². The van der Waals surface area contributed by atoms with Crippen molar-refractivity contribution in [1.82, 2.24) is 9.80 Å². The summed E-state index contributed by atoms with van der Waals surface area (Å²) >= 11 is 0. The van der Waals surface area contributed by atoms with E-state index in [0.717, 1.165) is 57.9 Å². The summed E-state index contributed by atoms with van der Waals surface area (Å²) in [6, 6.07) is 24.1. The third-order valence-corrected chi connectivity index (χ3v) is 7.67. The molecule has 2 aliphatic rings. The molecular weight excluding hydrogens is 531 g/mol. The fourth-order valence-corrected chi connectivity index (χ4v) is 5.44. The van der Waals surface area contributed by atoms with E-state index in [-0.39, 0.29) is 0 Å². The van der Waals surface area contributed by atoms with Crippen molar-refractivity contribution in [3.63, 3.8) is 0 Å². The number of halogens is 3. The SMILES string of the molecule is O=C(O)C(F)(F)F.c1cc(CCN2CCN(c3cccc4ccccc34)CC2)cc(OCCCN2CCCCC2)c1. The lowest BCUT2D eigenvalue weighted by Gasteiger charge is -2.36. The number of anilines is 1. The Hall–Kier alpha value is -3.30. The minimum absolute atomic E-state index is 0.816. The molecule has 2 aliphatic heterocycles. The molecule has 0 unspecified atom stereocenters. The summed E-state index contributed by atoms with van der Waals surface area (Å²) in [5.74, 6) is -1.73. The van der Waals surface area contributed by atoms with Crippen molar-refractivity contribution in [1.29, 1.82) is 0 Å². The maximum atomic E-state index is 10.6. The van der Waals surface area contributed by atoms with Gasteiger partial charge in [0.25, 0.3) is 0 Å². The van der Waals surface area contributed by atoms with Gasteiger partial charge in [0.2, 0.25) is 0 Å². The molecule has 2 heterocycles. The van der Waals surface area contributed by atoms with Crippen LogP contribution < -0.4 is 9.64 Å². The lowest BCUT2D eigenvalue weighted by molar-refractivity contribution is -0.192. The van der Waals surface area contributed by atoms with Crippen LogP contribution in [0.1, 0.15) is 31.2 Å². The molecule has 0 spiro atoms. The van der Waals surface area contributed by atoms with Crippen LogP contribution in [0.3, 0.4) is 0 Å². The van der Waals surface area contributed by atoms with Crippen molar-refractivity contribution in [2.45, 2.75) is 38.3 Å². The summed E-state index contributed by atoms with van der Waals surface area (Å²) in [5, 5.41) is 9.82. The molecule has 0 amide bonds. The number of hydrogen-bond acceptors (Lipinski definition) is 5.